The number of nitro groups is 1. The molecule has 0 aliphatic carbocycles. The Labute approximate surface area is 146 Å². The first-order valence-electron chi connectivity index (χ1n) is 7.41. The third kappa shape index (κ3) is 4.38. The van der Waals surface area contributed by atoms with Crippen molar-refractivity contribution in [2.45, 2.75) is 20.0 Å². The lowest BCUT2D eigenvalue weighted by molar-refractivity contribution is -0.385. The monoisotopic (exact) mass is 364 g/mol. The standard InChI is InChI=1S/C17H14F2N2O5/c1-9-3-4-11(7-15(9)21(24)25)17(23)26-10(2)16(22)20-14-6-5-12(18)8-13(14)19/h3-8,10H,1-2H3,(H,20,22)/t10-/m1/s1. The number of nitro benzene ring substituents is 1. The zero-order valence-corrected chi connectivity index (χ0v) is 13.8. The number of aryl methyl sites for hydroxylation is 1. The maximum atomic E-state index is 13.5. The van der Waals surface area contributed by atoms with Crippen LogP contribution in [0.5, 0.6) is 0 Å². The number of carbonyl (C=O) groups excluding carboxylic acids is 2. The number of amides is 1. The van der Waals surface area contributed by atoms with E-state index < -0.39 is 34.5 Å². The first-order chi connectivity index (χ1) is 12.2. The number of hydrogen-bond donors (Lipinski definition) is 1. The van der Waals surface area contributed by atoms with Crippen LogP contribution in [0, 0.1) is 28.7 Å². The first-order valence-corrected chi connectivity index (χ1v) is 7.41. The molecular weight excluding hydrogens is 350 g/mol. The number of ether oxygens (including phenoxy) is 1. The Morgan fingerprint density at radius 3 is 2.50 bits per heavy atom. The van der Waals surface area contributed by atoms with Crippen LogP contribution in [0.15, 0.2) is 36.4 Å². The molecule has 0 fully saturated rings. The summed E-state index contributed by atoms with van der Waals surface area (Å²) in [4.78, 5) is 34.3. The zero-order chi connectivity index (χ0) is 19.4. The molecule has 136 valence electrons. The van der Waals surface area contributed by atoms with Crippen LogP contribution in [0.2, 0.25) is 0 Å². The fraction of sp³-hybridized carbons (Fsp3) is 0.176. The van der Waals surface area contributed by atoms with E-state index in [1.807, 2.05) is 0 Å². The Balaban J connectivity index is 2.07. The van der Waals surface area contributed by atoms with Crippen molar-refractivity contribution in [3.63, 3.8) is 0 Å². The van der Waals surface area contributed by atoms with Gasteiger partial charge in [0.15, 0.2) is 6.10 Å². The van der Waals surface area contributed by atoms with E-state index >= 15 is 0 Å². The van der Waals surface area contributed by atoms with Crippen LogP contribution in [-0.4, -0.2) is 22.9 Å². The minimum Gasteiger partial charge on any atom is -0.449 e. The largest absolute Gasteiger partial charge is 0.449 e. The Kier molecular flexibility index (Phi) is 5.61. The van der Waals surface area contributed by atoms with Crippen molar-refractivity contribution < 1.29 is 28.0 Å². The Morgan fingerprint density at radius 2 is 1.88 bits per heavy atom. The van der Waals surface area contributed by atoms with E-state index in [1.165, 1.54) is 26.0 Å². The molecule has 26 heavy (non-hydrogen) atoms. The lowest BCUT2D eigenvalue weighted by atomic mass is 10.1. The normalized spacial score (nSPS) is 11.5. The van der Waals surface area contributed by atoms with Crippen LogP contribution in [0.4, 0.5) is 20.2 Å². The molecule has 7 nitrogen and oxygen atoms in total. The lowest BCUT2D eigenvalue weighted by Crippen LogP contribution is -2.30. The van der Waals surface area contributed by atoms with Gasteiger partial charge < -0.3 is 10.1 Å². The van der Waals surface area contributed by atoms with Crippen molar-refractivity contribution in [1.82, 2.24) is 0 Å². The molecule has 2 rings (SSSR count). The number of rotatable bonds is 5. The number of nitrogens with zero attached hydrogens (tertiary/aromatic N) is 1. The topological polar surface area (TPSA) is 98.5 Å². The van der Waals surface area contributed by atoms with Gasteiger partial charge in [0, 0.05) is 17.7 Å². The van der Waals surface area contributed by atoms with Gasteiger partial charge in [0.05, 0.1) is 16.2 Å². The van der Waals surface area contributed by atoms with Crippen LogP contribution in [-0.2, 0) is 9.53 Å². The SMILES string of the molecule is Cc1ccc(C(=O)O[C@H](C)C(=O)Nc2ccc(F)cc2F)cc1[N+](=O)[O-]. The summed E-state index contributed by atoms with van der Waals surface area (Å²) in [6.45, 7) is 2.76. The summed E-state index contributed by atoms with van der Waals surface area (Å²) in [5, 5.41) is 13.1. The molecule has 0 radical (unpaired) electrons. The number of anilines is 1. The minimum absolute atomic E-state index is 0.102. The van der Waals surface area contributed by atoms with Crippen LogP contribution >= 0.6 is 0 Å². The summed E-state index contributed by atoms with van der Waals surface area (Å²) >= 11 is 0. The predicted molar refractivity (Wildman–Crippen MR) is 87.7 cm³/mol. The van der Waals surface area contributed by atoms with E-state index in [4.69, 9.17) is 4.74 Å². The van der Waals surface area contributed by atoms with Gasteiger partial charge in [0.2, 0.25) is 0 Å². The van der Waals surface area contributed by atoms with Gasteiger partial charge in [-0.1, -0.05) is 6.07 Å². The third-order valence-electron chi connectivity index (χ3n) is 3.48. The fourth-order valence-electron chi connectivity index (χ4n) is 2.04. The highest BCUT2D eigenvalue weighted by molar-refractivity contribution is 5.97. The van der Waals surface area contributed by atoms with E-state index in [-0.39, 0.29) is 16.9 Å². The number of halogens is 2. The van der Waals surface area contributed by atoms with E-state index in [0.717, 1.165) is 18.2 Å². The number of benzene rings is 2. The summed E-state index contributed by atoms with van der Waals surface area (Å²) in [7, 11) is 0. The maximum absolute atomic E-state index is 13.5. The lowest BCUT2D eigenvalue weighted by Gasteiger charge is -2.14. The third-order valence-corrected chi connectivity index (χ3v) is 3.48. The number of nitrogens with one attached hydrogen (secondary N) is 1. The molecule has 0 aliphatic rings. The molecule has 0 aromatic heterocycles. The second-order valence-corrected chi connectivity index (χ2v) is 5.42. The molecule has 0 unspecified atom stereocenters. The van der Waals surface area contributed by atoms with Crippen molar-refractivity contribution >= 4 is 23.3 Å². The van der Waals surface area contributed by atoms with Gasteiger partial charge in [-0.05, 0) is 32.0 Å². The Bertz CT molecular complexity index is 885. The molecule has 0 heterocycles. The Hall–Kier alpha value is -3.36. The quantitative estimate of drug-likeness (QED) is 0.498. The summed E-state index contributed by atoms with van der Waals surface area (Å²) in [5.41, 5.74) is -0.269. The smallest absolute Gasteiger partial charge is 0.339 e. The fourth-order valence-corrected chi connectivity index (χ4v) is 2.04. The number of carbonyl (C=O) groups is 2. The average Bonchev–Trinajstić information content (AvgIpc) is 2.57. The Morgan fingerprint density at radius 1 is 1.19 bits per heavy atom. The molecule has 1 N–H and O–H groups in total. The van der Waals surface area contributed by atoms with Gasteiger partial charge in [-0.2, -0.15) is 0 Å². The molecule has 0 saturated heterocycles. The van der Waals surface area contributed by atoms with E-state index in [1.54, 1.807) is 0 Å². The van der Waals surface area contributed by atoms with Gasteiger partial charge in [-0.15, -0.1) is 0 Å². The van der Waals surface area contributed by atoms with Crippen molar-refractivity contribution in [3.8, 4) is 0 Å². The van der Waals surface area contributed by atoms with E-state index in [0.29, 0.717) is 11.6 Å². The van der Waals surface area contributed by atoms with Crippen LogP contribution in [0.1, 0.15) is 22.8 Å². The summed E-state index contributed by atoms with van der Waals surface area (Å²) in [6.07, 6.45) is -1.31. The van der Waals surface area contributed by atoms with E-state index in [2.05, 4.69) is 5.32 Å². The number of hydrogen-bond acceptors (Lipinski definition) is 5. The molecule has 0 aliphatic heterocycles. The highest BCUT2D eigenvalue weighted by atomic mass is 19.1. The molecular formula is C17H14F2N2O5. The van der Waals surface area contributed by atoms with E-state index in [9.17, 15) is 28.5 Å². The summed E-state index contributed by atoms with van der Waals surface area (Å²) in [6, 6.07) is 6.34. The average molecular weight is 364 g/mol. The van der Waals surface area contributed by atoms with Crippen molar-refractivity contribution in [3.05, 3.63) is 69.3 Å². The zero-order valence-electron chi connectivity index (χ0n) is 13.8. The second kappa shape index (κ2) is 7.68. The van der Waals surface area contributed by atoms with Crippen molar-refractivity contribution in [2.75, 3.05) is 5.32 Å². The van der Waals surface area contributed by atoms with Crippen LogP contribution in [0.3, 0.4) is 0 Å². The minimum atomic E-state index is -1.31. The summed E-state index contributed by atoms with van der Waals surface area (Å²) < 4.78 is 31.3. The van der Waals surface area contributed by atoms with Gasteiger partial charge in [-0.25, -0.2) is 13.6 Å². The molecule has 1 atom stereocenters. The van der Waals surface area contributed by atoms with Crippen molar-refractivity contribution in [2.24, 2.45) is 0 Å². The van der Waals surface area contributed by atoms with Crippen LogP contribution in [0.25, 0.3) is 0 Å². The van der Waals surface area contributed by atoms with Gasteiger partial charge >= 0.3 is 5.97 Å². The van der Waals surface area contributed by atoms with Crippen LogP contribution < -0.4 is 5.32 Å². The van der Waals surface area contributed by atoms with Gasteiger partial charge in [0.1, 0.15) is 11.6 Å². The number of esters is 1. The maximum Gasteiger partial charge on any atom is 0.339 e. The molecule has 0 saturated carbocycles. The molecule has 0 spiro atoms. The van der Waals surface area contributed by atoms with Gasteiger partial charge in [0.25, 0.3) is 11.6 Å². The second-order valence-electron chi connectivity index (χ2n) is 5.42. The molecule has 1 amide bonds. The highest BCUT2D eigenvalue weighted by Crippen LogP contribution is 2.20. The highest BCUT2D eigenvalue weighted by Gasteiger charge is 2.22. The summed E-state index contributed by atoms with van der Waals surface area (Å²) in [5.74, 6) is -3.58. The van der Waals surface area contributed by atoms with Gasteiger partial charge in [-0.3, -0.25) is 14.9 Å². The first kappa shape index (κ1) is 19.0. The molecule has 0 bridgehead atoms. The van der Waals surface area contributed by atoms with Crippen molar-refractivity contribution in [1.29, 1.82) is 0 Å². The molecule has 9 heteroatoms. The molecule has 2 aromatic rings. The predicted octanol–water partition coefficient (Wildman–Crippen LogP) is 3.37. The molecule has 2 aromatic carbocycles.